The van der Waals surface area contributed by atoms with Crippen LogP contribution in [0.1, 0.15) is 43.8 Å². The number of carbonyl (C=O) groups excluding carboxylic acids is 1. The van der Waals surface area contributed by atoms with Crippen LogP contribution < -0.4 is 4.74 Å². The van der Waals surface area contributed by atoms with Crippen molar-refractivity contribution in [2.75, 3.05) is 12.3 Å². The molecule has 0 aliphatic carbocycles. The zero-order chi connectivity index (χ0) is 23.4. The van der Waals surface area contributed by atoms with Crippen molar-refractivity contribution in [1.29, 1.82) is 0 Å². The molecular formula is C25H29FN4O2S. The molecule has 1 aliphatic heterocycles. The maximum Gasteiger partial charge on any atom is 0.233 e. The van der Waals surface area contributed by atoms with Gasteiger partial charge in [-0.05, 0) is 42.5 Å². The fourth-order valence-electron chi connectivity index (χ4n) is 3.95. The predicted molar refractivity (Wildman–Crippen MR) is 127 cm³/mol. The Labute approximate surface area is 198 Å². The van der Waals surface area contributed by atoms with Crippen molar-refractivity contribution >= 4 is 17.7 Å². The molecule has 2 heterocycles. The number of thioether (sulfide) groups is 1. The normalized spacial score (nSPS) is 14.3. The number of fused-ring (bicyclic) bond motifs is 1. The maximum absolute atomic E-state index is 14.0. The molecule has 0 spiro atoms. The molecule has 0 saturated heterocycles. The van der Waals surface area contributed by atoms with Crippen molar-refractivity contribution in [3.63, 3.8) is 0 Å². The van der Waals surface area contributed by atoms with Crippen LogP contribution in [0.25, 0.3) is 0 Å². The van der Waals surface area contributed by atoms with E-state index in [0.717, 1.165) is 13.0 Å². The highest BCUT2D eigenvalue weighted by Crippen LogP contribution is 2.27. The van der Waals surface area contributed by atoms with Gasteiger partial charge in [0.05, 0.1) is 5.75 Å². The minimum atomic E-state index is -0.489. The molecule has 1 aliphatic rings. The van der Waals surface area contributed by atoms with Gasteiger partial charge < -0.3 is 14.2 Å². The van der Waals surface area contributed by atoms with Gasteiger partial charge in [-0.3, -0.25) is 4.79 Å². The minimum Gasteiger partial charge on any atom is -0.480 e. The first-order chi connectivity index (χ1) is 15.9. The third-order valence-corrected chi connectivity index (χ3v) is 6.56. The highest BCUT2D eigenvalue weighted by molar-refractivity contribution is 7.99. The van der Waals surface area contributed by atoms with Crippen molar-refractivity contribution in [1.82, 2.24) is 19.7 Å². The van der Waals surface area contributed by atoms with E-state index in [2.05, 4.69) is 36.2 Å². The second-order valence-electron chi connectivity index (χ2n) is 8.66. The fraction of sp³-hybridized carbons (Fsp3) is 0.400. The molecule has 3 aromatic rings. The van der Waals surface area contributed by atoms with Crippen LogP contribution in [-0.4, -0.2) is 37.9 Å². The molecule has 0 radical (unpaired) electrons. The van der Waals surface area contributed by atoms with Gasteiger partial charge in [0.25, 0.3) is 0 Å². The molecule has 1 aromatic heterocycles. The molecule has 0 N–H and O–H groups in total. The van der Waals surface area contributed by atoms with E-state index in [1.807, 2.05) is 28.5 Å². The Kier molecular flexibility index (Phi) is 7.33. The number of ether oxygens (including phenoxy) is 1. The molecule has 1 atom stereocenters. The Bertz CT molecular complexity index is 1120. The molecule has 33 heavy (non-hydrogen) atoms. The number of benzene rings is 2. The minimum absolute atomic E-state index is 0.0887. The topological polar surface area (TPSA) is 60.2 Å². The summed E-state index contributed by atoms with van der Waals surface area (Å²) < 4.78 is 21.9. The van der Waals surface area contributed by atoms with Gasteiger partial charge in [0.2, 0.25) is 5.91 Å². The Balaban J connectivity index is 1.45. The van der Waals surface area contributed by atoms with E-state index in [9.17, 15) is 9.18 Å². The first-order valence-electron chi connectivity index (χ1n) is 11.2. The van der Waals surface area contributed by atoms with Crippen molar-refractivity contribution in [3.8, 4) is 5.75 Å². The molecule has 1 unspecified atom stereocenters. The summed E-state index contributed by atoms with van der Waals surface area (Å²) in [5.74, 6) is 1.11. The van der Waals surface area contributed by atoms with Gasteiger partial charge >= 0.3 is 0 Å². The molecule has 1 amide bonds. The Morgan fingerprint density at radius 3 is 2.58 bits per heavy atom. The SMILES string of the molecule is CC(C)Cn1c(SCC(=O)N2CCc3ccccc3C2)nnc1C(C)Oc1ccccc1F. The highest BCUT2D eigenvalue weighted by atomic mass is 32.2. The highest BCUT2D eigenvalue weighted by Gasteiger charge is 2.24. The summed E-state index contributed by atoms with van der Waals surface area (Å²) in [5, 5.41) is 9.35. The van der Waals surface area contributed by atoms with Gasteiger partial charge in [-0.2, -0.15) is 0 Å². The number of hydrogen-bond acceptors (Lipinski definition) is 5. The number of para-hydroxylation sites is 1. The second kappa shape index (κ2) is 10.4. The summed E-state index contributed by atoms with van der Waals surface area (Å²) in [4.78, 5) is 14.8. The fourth-order valence-corrected chi connectivity index (χ4v) is 4.81. The van der Waals surface area contributed by atoms with E-state index in [-0.39, 0.29) is 11.7 Å². The number of carbonyl (C=O) groups is 1. The van der Waals surface area contributed by atoms with Crippen molar-refractivity contribution < 1.29 is 13.9 Å². The lowest BCUT2D eigenvalue weighted by Crippen LogP contribution is -2.37. The summed E-state index contributed by atoms with van der Waals surface area (Å²) in [5.41, 5.74) is 2.53. The number of hydrogen-bond donors (Lipinski definition) is 0. The van der Waals surface area contributed by atoms with Crippen LogP contribution in [0.4, 0.5) is 4.39 Å². The van der Waals surface area contributed by atoms with Gasteiger partial charge in [-0.25, -0.2) is 4.39 Å². The van der Waals surface area contributed by atoms with Gasteiger partial charge in [0.1, 0.15) is 0 Å². The molecule has 0 bridgehead atoms. The Morgan fingerprint density at radius 1 is 1.09 bits per heavy atom. The third-order valence-electron chi connectivity index (χ3n) is 5.61. The first kappa shape index (κ1) is 23.3. The third kappa shape index (κ3) is 5.55. The van der Waals surface area contributed by atoms with Crippen LogP contribution in [0.5, 0.6) is 5.75 Å². The van der Waals surface area contributed by atoms with Crippen molar-refractivity contribution in [2.45, 2.75) is 51.5 Å². The monoisotopic (exact) mass is 468 g/mol. The van der Waals surface area contributed by atoms with Crippen LogP contribution in [0.15, 0.2) is 53.7 Å². The zero-order valence-electron chi connectivity index (χ0n) is 19.2. The summed E-state index contributed by atoms with van der Waals surface area (Å²) in [6.07, 6.45) is 0.391. The predicted octanol–water partition coefficient (Wildman–Crippen LogP) is 4.89. The molecule has 4 rings (SSSR count). The average molecular weight is 469 g/mol. The number of amides is 1. The van der Waals surface area contributed by atoms with E-state index >= 15 is 0 Å². The first-order valence-corrected chi connectivity index (χ1v) is 12.2. The van der Waals surface area contributed by atoms with E-state index < -0.39 is 11.9 Å². The number of rotatable bonds is 8. The van der Waals surface area contributed by atoms with Gasteiger partial charge in [0, 0.05) is 19.6 Å². The summed E-state index contributed by atoms with van der Waals surface area (Å²) in [6.45, 7) is 8.10. The van der Waals surface area contributed by atoms with Gasteiger partial charge in [0.15, 0.2) is 28.7 Å². The second-order valence-corrected chi connectivity index (χ2v) is 9.60. The Hall–Kier alpha value is -2.87. The zero-order valence-corrected chi connectivity index (χ0v) is 20.0. The van der Waals surface area contributed by atoms with Crippen molar-refractivity contribution in [3.05, 3.63) is 71.3 Å². The molecule has 0 saturated carbocycles. The number of aromatic nitrogens is 3. The molecule has 0 fully saturated rings. The average Bonchev–Trinajstić information content (AvgIpc) is 3.20. The number of nitrogens with zero attached hydrogens (tertiary/aromatic N) is 4. The van der Waals surface area contributed by atoms with Gasteiger partial charge in [-0.1, -0.05) is 62.0 Å². The lowest BCUT2D eigenvalue weighted by molar-refractivity contribution is -0.129. The van der Waals surface area contributed by atoms with Crippen molar-refractivity contribution in [2.24, 2.45) is 5.92 Å². The van der Waals surface area contributed by atoms with Crippen LogP contribution >= 0.6 is 11.8 Å². The smallest absolute Gasteiger partial charge is 0.233 e. The standard InChI is InChI=1S/C25H29FN4O2S/c1-17(2)14-30-24(18(3)32-22-11-7-6-10-21(22)26)27-28-25(30)33-16-23(31)29-13-12-19-8-4-5-9-20(19)15-29/h4-11,17-18H,12-16H2,1-3H3. The largest absolute Gasteiger partial charge is 0.480 e. The Morgan fingerprint density at radius 2 is 1.82 bits per heavy atom. The van der Waals surface area contributed by atoms with E-state index in [0.29, 0.717) is 35.7 Å². The van der Waals surface area contributed by atoms with E-state index in [1.54, 1.807) is 18.2 Å². The number of halogens is 1. The van der Waals surface area contributed by atoms with Crippen LogP contribution in [-0.2, 0) is 24.3 Å². The van der Waals surface area contributed by atoms with Crippen LogP contribution in [0, 0.1) is 11.7 Å². The van der Waals surface area contributed by atoms with Crippen LogP contribution in [0.3, 0.4) is 0 Å². The van der Waals surface area contributed by atoms with Crippen LogP contribution in [0.2, 0.25) is 0 Å². The molecule has 8 heteroatoms. The van der Waals surface area contributed by atoms with E-state index in [4.69, 9.17) is 4.74 Å². The maximum atomic E-state index is 14.0. The van der Waals surface area contributed by atoms with E-state index in [1.165, 1.54) is 29.0 Å². The summed E-state index contributed by atoms with van der Waals surface area (Å²) in [6, 6.07) is 14.6. The molecule has 2 aromatic carbocycles. The quantitative estimate of drug-likeness (QED) is 0.441. The molecule has 174 valence electrons. The summed E-state index contributed by atoms with van der Waals surface area (Å²) in [7, 11) is 0. The van der Waals surface area contributed by atoms with Gasteiger partial charge in [-0.15, -0.1) is 10.2 Å². The summed E-state index contributed by atoms with van der Waals surface area (Å²) >= 11 is 1.39. The molecule has 6 nitrogen and oxygen atoms in total. The molecular weight excluding hydrogens is 439 g/mol. The lowest BCUT2D eigenvalue weighted by Gasteiger charge is -2.28. The lowest BCUT2D eigenvalue weighted by atomic mass is 10.00.